The van der Waals surface area contributed by atoms with Crippen LogP contribution in [-0.2, 0) is 10.0 Å². The number of nitrogens with zero attached hydrogens (tertiary/aromatic N) is 2. The van der Waals surface area contributed by atoms with Crippen molar-refractivity contribution < 1.29 is 8.42 Å². The summed E-state index contributed by atoms with van der Waals surface area (Å²) in [6.45, 7) is 1.86. The first-order chi connectivity index (χ1) is 12.9. The lowest BCUT2D eigenvalue weighted by molar-refractivity contribution is 0.601. The number of anilines is 1. The normalized spacial score (nSPS) is 11.6. The van der Waals surface area contributed by atoms with E-state index in [0.29, 0.717) is 5.69 Å². The number of thiazole rings is 1. The van der Waals surface area contributed by atoms with Crippen molar-refractivity contribution in [1.29, 1.82) is 0 Å². The average Bonchev–Trinajstić information content (AvgIpc) is 3.08. The summed E-state index contributed by atoms with van der Waals surface area (Å²) in [4.78, 5) is 9.97. The minimum Gasteiger partial charge on any atom is -0.279 e. The summed E-state index contributed by atoms with van der Waals surface area (Å²) in [5.74, 6) is 0. The van der Waals surface area contributed by atoms with E-state index in [4.69, 9.17) is 0 Å². The van der Waals surface area contributed by atoms with E-state index in [9.17, 15) is 8.42 Å². The van der Waals surface area contributed by atoms with Crippen LogP contribution in [0.5, 0.6) is 0 Å². The molecule has 2 aromatic carbocycles. The van der Waals surface area contributed by atoms with Crippen molar-refractivity contribution in [3.05, 3.63) is 70.8 Å². The van der Waals surface area contributed by atoms with Gasteiger partial charge in [-0.05, 0) is 55.0 Å². The molecule has 136 valence electrons. The lowest BCUT2D eigenvalue weighted by atomic mass is 10.1. The van der Waals surface area contributed by atoms with Gasteiger partial charge in [0.2, 0.25) is 0 Å². The number of hydrogen-bond acceptors (Lipinski definition) is 5. The molecule has 4 aromatic rings. The van der Waals surface area contributed by atoms with Gasteiger partial charge in [0.1, 0.15) is 15.4 Å². The Kier molecular flexibility index (Phi) is 4.71. The van der Waals surface area contributed by atoms with Crippen LogP contribution in [0.2, 0.25) is 0 Å². The third kappa shape index (κ3) is 3.73. The van der Waals surface area contributed by atoms with Crippen LogP contribution >= 0.6 is 27.3 Å². The van der Waals surface area contributed by atoms with Gasteiger partial charge in [0.25, 0.3) is 10.0 Å². The zero-order valence-corrected chi connectivity index (χ0v) is 17.4. The third-order valence-electron chi connectivity index (χ3n) is 4.02. The van der Waals surface area contributed by atoms with Crippen LogP contribution in [0.4, 0.5) is 5.69 Å². The van der Waals surface area contributed by atoms with Gasteiger partial charge in [-0.2, -0.15) is 0 Å². The van der Waals surface area contributed by atoms with Crippen molar-refractivity contribution in [3.8, 4) is 10.6 Å². The van der Waals surface area contributed by atoms with E-state index in [0.717, 1.165) is 31.0 Å². The Labute approximate surface area is 169 Å². The molecule has 0 aliphatic heterocycles. The number of sulfonamides is 1. The average molecular weight is 460 g/mol. The van der Waals surface area contributed by atoms with Crippen molar-refractivity contribution in [2.24, 2.45) is 0 Å². The number of aromatic nitrogens is 2. The Balaban J connectivity index is 1.71. The van der Waals surface area contributed by atoms with Gasteiger partial charge >= 0.3 is 0 Å². The highest BCUT2D eigenvalue weighted by Gasteiger charge is 2.16. The lowest BCUT2D eigenvalue weighted by Crippen LogP contribution is -2.13. The molecule has 0 amide bonds. The van der Waals surface area contributed by atoms with Gasteiger partial charge in [0.15, 0.2) is 0 Å². The summed E-state index contributed by atoms with van der Waals surface area (Å²) >= 11 is 4.79. The number of hydrogen-bond donors (Lipinski definition) is 1. The van der Waals surface area contributed by atoms with Crippen molar-refractivity contribution in [2.75, 3.05) is 4.72 Å². The Hall–Kier alpha value is -2.29. The fourth-order valence-electron chi connectivity index (χ4n) is 2.58. The summed E-state index contributed by atoms with van der Waals surface area (Å²) in [6.07, 6.45) is 1.73. The molecule has 1 N–H and O–H groups in total. The molecule has 0 spiro atoms. The molecule has 5 nitrogen and oxygen atoms in total. The molecule has 8 heteroatoms. The van der Waals surface area contributed by atoms with Crippen molar-refractivity contribution >= 4 is 53.3 Å². The van der Waals surface area contributed by atoms with Crippen LogP contribution in [0.1, 0.15) is 5.56 Å². The smallest absolute Gasteiger partial charge is 0.261 e. The minimum absolute atomic E-state index is 0.208. The van der Waals surface area contributed by atoms with Gasteiger partial charge in [0, 0.05) is 16.2 Å². The zero-order valence-electron chi connectivity index (χ0n) is 14.2. The highest BCUT2D eigenvalue weighted by Crippen LogP contribution is 2.32. The number of aryl methyl sites for hydroxylation is 1. The zero-order chi connectivity index (χ0) is 19.0. The molecule has 4 rings (SSSR count). The van der Waals surface area contributed by atoms with Gasteiger partial charge in [-0.3, -0.25) is 4.72 Å². The fourth-order valence-corrected chi connectivity index (χ4v) is 4.87. The summed E-state index contributed by atoms with van der Waals surface area (Å²) in [5.41, 5.74) is 3.04. The Bertz CT molecular complexity index is 1200. The van der Waals surface area contributed by atoms with E-state index < -0.39 is 10.0 Å². The predicted molar refractivity (Wildman–Crippen MR) is 113 cm³/mol. The van der Waals surface area contributed by atoms with E-state index >= 15 is 0 Å². The molecule has 0 atom stereocenters. The quantitative estimate of drug-likeness (QED) is 0.453. The van der Waals surface area contributed by atoms with E-state index in [1.165, 1.54) is 11.3 Å². The maximum absolute atomic E-state index is 12.7. The van der Waals surface area contributed by atoms with Crippen LogP contribution in [0.15, 0.2) is 70.2 Å². The van der Waals surface area contributed by atoms with Gasteiger partial charge in [-0.1, -0.05) is 39.4 Å². The molecule has 0 bridgehead atoms. The molecule has 0 aliphatic rings. The third-order valence-corrected chi connectivity index (χ3v) is 6.96. The standard InChI is InChI=1S/C19H14BrN3O2S2/c1-12-4-5-13(18-22-16-3-2-10-21-19(16)26-18)11-17(12)23-27(24,25)15-8-6-14(20)7-9-15/h2-11,23H,1H3. The lowest BCUT2D eigenvalue weighted by Gasteiger charge is -2.12. The number of rotatable bonds is 4. The minimum atomic E-state index is -3.68. The molecule has 27 heavy (non-hydrogen) atoms. The van der Waals surface area contributed by atoms with E-state index in [1.807, 2.05) is 37.3 Å². The molecule has 2 aromatic heterocycles. The van der Waals surface area contributed by atoms with Crippen LogP contribution in [-0.4, -0.2) is 18.4 Å². The fraction of sp³-hybridized carbons (Fsp3) is 0.0526. The number of nitrogens with one attached hydrogen (secondary N) is 1. The number of halogens is 1. The summed E-state index contributed by atoms with van der Waals surface area (Å²) in [6, 6.07) is 15.9. The van der Waals surface area contributed by atoms with Crippen LogP contribution in [0, 0.1) is 6.92 Å². The molecule has 0 radical (unpaired) electrons. The van der Waals surface area contributed by atoms with E-state index in [1.54, 1.807) is 30.5 Å². The highest BCUT2D eigenvalue weighted by molar-refractivity contribution is 9.10. The molecular weight excluding hydrogens is 446 g/mol. The van der Waals surface area contributed by atoms with Crippen LogP contribution in [0.25, 0.3) is 20.9 Å². The number of pyridine rings is 1. The van der Waals surface area contributed by atoms with E-state index in [2.05, 4.69) is 30.6 Å². The second-order valence-electron chi connectivity index (χ2n) is 5.94. The summed E-state index contributed by atoms with van der Waals surface area (Å²) < 4.78 is 28.9. The van der Waals surface area contributed by atoms with E-state index in [-0.39, 0.29) is 4.90 Å². The van der Waals surface area contributed by atoms with Gasteiger partial charge in [-0.25, -0.2) is 18.4 Å². The predicted octanol–water partition coefficient (Wildman–Crippen LogP) is 5.23. The summed E-state index contributed by atoms with van der Waals surface area (Å²) in [5, 5.41) is 0.799. The van der Waals surface area contributed by atoms with Crippen molar-refractivity contribution in [3.63, 3.8) is 0 Å². The molecule has 0 saturated heterocycles. The first kappa shape index (κ1) is 18.1. The maximum Gasteiger partial charge on any atom is 0.261 e. The first-order valence-corrected chi connectivity index (χ1v) is 11.1. The van der Waals surface area contributed by atoms with Crippen molar-refractivity contribution in [1.82, 2.24) is 9.97 Å². The topological polar surface area (TPSA) is 72.0 Å². The molecule has 0 unspecified atom stereocenters. The maximum atomic E-state index is 12.7. The second kappa shape index (κ2) is 7.03. The Morgan fingerprint density at radius 1 is 1.07 bits per heavy atom. The Morgan fingerprint density at radius 2 is 1.85 bits per heavy atom. The monoisotopic (exact) mass is 459 g/mol. The highest BCUT2D eigenvalue weighted by atomic mass is 79.9. The second-order valence-corrected chi connectivity index (χ2v) is 9.51. The van der Waals surface area contributed by atoms with Gasteiger partial charge in [-0.15, -0.1) is 0 Å². The van der Waals surface area contributed by atoms with Crippen LogP contribution in [0.3, 0.4) is 0 Å². The van der Waals surface area contributed by atoms with Gasteiger partial charge in [0.05, 0.1) is 10.6 Å². The SMILES string of the molecule is Cc1ccc(-c2nc3cccnc3s2)cc1NS(=O)(=O)c1ccc(Br)cc1. The largest absolute Gasteiger partial charge is 0.279 e. The van der Waals surface area contributed by atoms with Crippen LogP contribution < -0.4 is 4.72 Å². The molecule has 0 fully saturated rings. The Morgan fingerprint density at radius 3 is 2.59 bits per heavy atom. The summed E-state index contributed by atoms with van der Waals surface area (Å²) in [7, 11) is -3.68. The molecule has 2 heterocycles. The number of benzene rings is 2. The molecule has 0 saturated carbocycles. The molecule has 0 aliphatic carbocycles. The first-order valence-electron chi connectivity index (χ1n) is 8.03. The van der Waals surface area contributed by atoms with Gasteiger partial charge < -0.3 is 0 Å². The molecular formula is C19H14BrN3O2S2. The number of fused-ring (bicyclic) bond motifs is 1. The van der Waals surface area contributed by atoms with Crippen molar-refractivity contribution in [2.45, 2.75) is 11.8 Å².